The molecule has 1 fully saturated rings. The lowest BCUT2D eigenvalue weighted by Gasteiger charge is -2.21. The average molecular weight is 380 g/mol. The summed E-state index contributed by atoms with van der Waals surface area (Å²) in [7, 11) is 0. The Morgan fingerprint density at radius 1 is 1.18 bits per heavy atom. The number of hydrogen-bond donors (Lipinski definition) is 3. The van der Waals surface area contributed by atoms with Gasteiger partial charge in [0.05, 0.1) is 0 Å². The Balaban J connectivity index is 1.55. The molecule has 1 atom stereocenters. The van der Waals surface area contributed by atoms with Crippen LogP contribution in [0.3, 0.4) is 0 Å². The Morgan fingerprint density at radius 3 is 2.64 bits per heavy atom. The molecule has 0 saturated carbocycles. The van der Waals surface area contributed by atoms with Crippen LogP contribution in [0.5, 0.6) is 5.75 Å². The minimum Gasteiger partial charge on any atom is -0.508 e. The van der Waals surface area contributed by atoms with Gasteiger partial charge in [-0.05, 0) is 55.5 Å². The molecule has 3 rings (SSSR count). The van der Waals surface area contributed by atoms with Crippen molar-refractivity contribution in [3.63, 3.8) is 0 Å². The van der Waals surface area contributed by atoms with Gasteiger partial charge in [-0.15, -0.1) is 0 Å². The number of hydrogen-bond acceptors (Lipinski definition) is 3. The third-order valence-electron chi connectivity index (χ3n) is 4.81. The van der Waals surface area contributed by atoms with Crippen LogP contribution >= 0.6 is 0 Å². The van der Waals surface area contributed by atoms with Gasteiger partial charge in [0, 0.05) is 25.3 Å². The van der Waals surface area contributed by atoms with Crippen LogP contribution in [0.4, 0.5) is 5.69 Å². The van der Waals surface area contributed by atoms with E-state index in [-0.39, 0.29) is 18.2 Å². The Morgan fingerprint density at radius 2 is 1.93 bits per heavy atom. The summed E-state index contributed by atoms with van der Waals surface area (Å²) in [5, 5.41) is 15.4. The largest absolute Gasteiger partial charge is 0.508 e. The van der Waals surface area contributed by atoms with Crippen molar-refractivity contribution in [3.8, 4) is 5.75 Å². The van der Waals surface area contributed by atoms with Gasteiger partial charge < -0.3 is 20.6 Å². The van der Waals surface area contributed by atoms with E-state index >= 15 is 0 Å². The maximum Gasteiger partial charge on any atom is 0.246 e. The number of carbonyl (C=O) groups excluding carboxylic acids is 1. The lowest BCUT2D eigenvalue weighted by atomic mass is 9.99. The fourth-order valence-electron chi connectivity index (χ4n) is 3.46. The van der Waals surface area contributed by atoms with E-state index in [0.717, 1.165) is 38.4 Å². The standard InChI is InChI=1S/C22H28N4O2/c1-2-23-22(24-15-21(28)25-19-8-10-20(27)11-9-19)26-13-12-18(16-26)14-17-6-4-3-5-7-17/h3-11,18,27H,2,12-16H2,1H3,(H,23,24)(H,25,28). The van der Waals surface area contributed by atoms with E-state index in [1.807, 2.05) is 13.0 Å². The van der Waals surface area contributed by atoms with Crippen LogP contribution in [0, 0.1) is 5.92 Å². The van der Waals surface area contributed by atoms with Crippen LogP contribution in [-0.4, -0.2) is 48.1 Å². The number of carbonyl (C=O) groups is 1. The molecule has 2 aromatic rings. The van der Waals surface area contributed by atoms with Gasteiger partial charge in [0.25, 0.3) is 0 Å². The monoisotopic (exact) mass is 380 g/mol. The second-order valence-corrected chi connectivity index (χ2v) is 7.06. The number of rotatable bonds is 6. The molecule has 0 radical (unpaired) electrons. The minimum atomic E-state index is -0.180. The summed E-state index contributed by atoms with van der Waals surface area (Å²) in [6.07, 6.45) is 2.19. The quantitative estimate of drug-likeness (QED) is 0.409. The number of nitrogens with zero attached hydrogens (tertiary/aromatic N) is 2. The summed E-state index contributed by atoms with van der Waals surface area (Å²) in [6, 6.07) is 17.0. The predicted molar refractivity (Wildman–Crippen MR) is 113 cm³/mol. The first-order valence-corrected chi connectivity index (χ1v) is 9.80. The lowest BCUT2D eigenvalue weighted by molar-refractivity contribution is -0.114. The third kappa shape index (κ3) is 5.74. The van der Waals surface area contributed by atoms with E-state index < -0.39 is 0 Å². The maximum atomic E-state index is 12.2. The molecule has 148 valence electrons. The van der Waals surface area contributed by atoms with Crippen molar-refractivity contribution in [3.05, 3.63) is 60.2 Å². The number of guanidine groups is 1. The first-order valence-electron chi connectivity index (χ1n) is 9.80. The molecule has 0 spiro atoms. The molecular formula is C22H28N4O2. The molecule has 1 amide bonds. The van der Waals surface area contributed by atoms with Crippen molar-refractivity contribution >= 4 is 17.6 Å². The summed E-state index contributed by atoms with van der Waals surface area (Å²) in [4.78, 5) is 19.0. The van der Waals surface area contributed by atoms with Gasteiger partial charge in [0.15, 0.2) is 5.96 Å². The normalized spacial score (nSPS) is 16.8. The molecule has 1 aliphatic rings. The van der Waals surface area contributed by atoms with Gasteiger partial charge in [0.1, 0.15) is 12.3 Å². The van der Waals surface area contributed by atoms with Crippen LogP contribution in [0.2, 0.25) is 0 Å². The van der Waals surface area contributed by atoms with Gasteiger partial charge in [0.2, 0.25) is 5.91 Å². The predicted octanol–water partition coefficient (Wildman–Crippen LogP) is 2.86. The highest BCUT2D eigenvalue weighted by atomic mass is 16.3. The number of phenolic OH excluding ortho intramolecular Hbond substituents is 1. The number of nitrogens with one attached hydrogen (secondary N) is 2. The van der Waals surface area contributed by atoms with Gasteiger partial charge >= 0.3 is 0 Å². The summed E-state index contributed by atoms with van der Waals surface area (Å²) in [5.74, 6) is 1.38. The van der Waals surface area contributed by atoms with Gasteiger partial charge in [-0.1, -0.05) is 30.3 Å². The summed E-state index contributed by atoms with van der Waals surface area (Å²) < 4.78 is 0. The van der Waals surface area contributed by atoms with Gasteiger partial charge in [-0.3, -0.25) is 4.79 Å². The number of likely N-dealkylation sites (tertiary alicyclic amines) is 1. The van der Waals surface area contributed by atoms with E-state index in [1.54, 1.807) is 24.3 Å². The van der Waals surface area contributed by atoms with Crippen LogP contribution in [0.15, 0.2) is 59.6 Å². The van der Waals surface area contributed by atoms with Crippen molar-refractivity contribution < 1.29 is 9.90 Å². The van der Waals surface area contributed by atoms with E-state index in [1.165, 1.54) is 5.56 Å². The number of aromatic hydroxyl groups is 1. The zero-order valence-corrected chi connectivity index (χ0v) is 16.3. The SMILES string of the molecule is CCNC(=NCC(=O)Nc1ccc(O)cc1)N1CCC(Cc2ccccc2)C1. The smallest absolute Gasteiger partial charge is 0.246 e. The molecule has 1 saturated heterocycles. The number of anilines is 1. The molecular weight excluding hydrogens is 352 g/mol. The van der Waals surface area contributed by atoms with E-state index in [0.29, 0.717) is 11.6 Å². The fraction of sp³-hybridized carbons (Fsp3) is 0.364. The number of amides is 1. The lowest BCUT2D eigenvalue weighted by Crippen LogP contribution is -2.40. The second-order valence-electron chi connectivity index (χ2n) is 7.06. The number of aliphatic imine (C=N–C) groups is 1. The molecule has 2 aromatic carbocycles. The van der Waals surface area contributed by atoms with Gasteiger partial charge in [-0.2, -0.15) is 0 Å². The van der Waals surface area contributed by atoms with Crippen LogP contribution in [0.25, 0.3) is 0 Å². The molecule has 1 unspecified atom stereocenters. The Hall–Kier alpha value is -3.02. The van der Waals surface area contributed by atoms with E-state index in [9.17, 15) is 9.90 Å². The first-order chi connectivity index (χ1) is 13.6. The zero-order valence-electron chi connectivity index (χ0n) is 16.3. The molecule has 6 heteroatoms. The van der Waals surface area contributed by atoms with Crippen molar-refractivity contribution in [1.29, 1.82) is 0 Å². The molecule has 3 N–H and O–H groups in total. The first kappa shape index (κ1) is 19.7. The molecule has 0 aromatic heterocycles. The van der Waals surface area contributed by atoms with E-state index in [4.69, 9.17) is 0 Å². The van der Waals surface area contributed by atoms with Crippen LogP contribution in [-0.2, 0) is 11.2 Å². The fourth-order valence-corrected chi connectivity index (χ4v) is 3.46. The van der Waals surface area contributed by atoms with Crippen LogP contribution < -0.4 is 10.6 Å². The zero-order chi connectivity index (χ0) is 19.8. The number of phenols is 1. The highest BCUT2D eigenvalue weighted by molar-refractivity contribution is 5.94. The maximum absolute atomic E-state index is 12.2. The Labute approximate surface area is 166 Å². The molecule has 0 aliphatic carbocycles. The average Bonchev–Trinajstić information content (AvgIpc) is 3.16. The van der Waals surface area contributed by atoms with Gasteiger partial charge in [-0.25, -0.2) is 4.99 Å². The molecule has 28 heavy (non-hydrogen) atoms. The third-order valence-corrected chi connectivity index (χ3v) is 4.81. The molecule has 1 aliphatic heterocycles. The highest BCUT2D eigenvalue weighted by Gasteiger charge is 2.25. The summed E-state index contributed by atoms with van der Waals surface area (Å²) >= 11 is 0. The highest BCUT2D eigenvalue weighted by Crippen LogP contribution is 2.21. The second kappa shape index (κ2) is 9.78. The molecule has 1 heterocycles. The minimum absolute atomic E-state index is 0.0586. The van der Waals surface area contributed by atoms with Crippen molar-refractivity contribution in [2.45, 2.75) is 19.8 Å². The summed E-state index contributed by atoms with van der Waals surface area (Å²) in [5.41, 5.74) is 2.01. The van der Waals surface area contributed by atoms with Crippen molar-refractivity contribution in [2.24, 2.45) is 10.9 Å². The molecule has 0 bridgehead atoms. The van der Waals surface area contributed by atoms with Crippen LogP contribution in [0.1, 0.15) is 18.9 Å². The Kier molecular flexibility index (Phi) is 6.89. The number of benzene rings is 2. The summed E-state index contributed by atoms with van der Waals surface area (Å²) in [6.45, 7) is 4.74. The van der Waals surface area contributed by atoms with E-state index in [2.05, 4.69) is 44.8 Å². The Bertz CT molecular complexity index is 790. The van der Waals surface area contributed by atoms with Crippen molar-refractivity contribution in [1.82, 2.24) is 10.2 Å². The van der Waals surface area contributed by atoms with Crippen molar-refractivity contribution in [2.75, 3.05) is 31.5 Å². The molecule has 6 nitrogen and oxygen atoms in total. The topological polar surface area (TPSA) is 77.0 Å².